The maximum Gasteiger partial charge on any atom is 0.248 e. The fourth-order valence-corrected chi connectivity index (χ4v) is 2.31. The summed E-state index contributed by atoms with van der Waals surface area (Å²) in [5, 5.41) is 2.82. The molecule has 0 aliphatic carbocycles. The summed E-state index contributed by atoms with van der Waals surface area (Å²) >= 11 is 0. The largest absolute Gasteiger partial charge is 0.340 e. The summed E-state index contributed by atoms with van der Waals surface area (Å²) in [6.45, 7) is 11.5. The number of hydrogen-bond donors (Lipinski definition) is 1. The summed E-state index contributed by atoms with van der Waals surface area (Å²) in [6, 6.07) is -0.245. The Morgan fingerprint density at radius 2 is 1.82 bits per heavy atom. The standard InChI is InChI=1S/C13H24N2O2/c1-7-9(4)15-10(8(2)3)11(16)14-13(5,6)12(15)17/h8-10H,7H2,1-6H3,(H,14,16). The van der Waals surface area contributed by atoms with E-state index in [-0.39, 0.29) is 29.8 Å². The summed E-state index contributed by atoms with van der Waals surface area (Å²) in [5.74, 6) is 0.110. The quantitative estimate of drug-likeness (QED) is 0.813. The number of amides is 2. The lowest BCUT2D eigenvalue weighted by molar-refractivity contribution is -0.158. The van der Waals surface area contributed by atoms with Crippen LogP contribution in [0.25, 0.3) is 0 Å². The predicted octanol–water partition coefficient (Wildman–Crippen LogP) is 1.55. The lowest BCUT2D eigenvalue weighted by Gasteiger charge is -2.47. The van der Waals surface area contributed by atoms with Gasteiger partial charge in [0.1, 0.15) is 11.6 Å². The fourth-order valence-electron chi connectivity index (χ4n) is 2.31. The third-order valence-corrected chi connectivity index (χ3v) is 3.47. The van der Waals surface area contributed by atoms with E-state index in [9.17, 15) is 9.59 Å². The first kappa shape index (κ1) is 14.0. The van der Waals surface area contributed by atoms with Gasteiger partial charge in [0.25, 0.3) is 0 Å². The number of piperazine rings is 1. The topological polar surface area (TPSA) is 49.4 Å². The van der Waals surface area contributed by atoms with E-state index in [4.69, 9.17) is 0 Å². The molecule has 0 radical (unpaired) electrons. The highest BCUT2D eigenvalue weighted by Gasteiger charge is 2.47. The molecule has 1 aliphatic heterocycles. The molecule has 1 saturated heterocycles. The summed E-state index contributed by atoms with van der Waals surface area (Å²) < 4.78 is 0. The highest BCUT2D eigenvalue weighted by atomic mass is 16.2. The minimum Gasteiger partial charge on any atom is -0.340 e. The van der Waals surface area contributed by atoms with Gasteiger partial charge in [0.05, 0.1) is 0 Å². The number of rotatable bonds is 3. The second-order valence-electron chi connectivity index (χ2n) is 5.77. The van der Waals surface area contributed by atoms with E-state index in [1.807, 2.05) is 27.7 Å². The van der Waals surface area contributed by atoms with E-state index in [2.05, 4.69) is 5.32 Å². The number of nitrogens with zero attached hydrogens (tertiary/aromatic N) is 1. The van der Waals surface area contributed by atoms with Crippen molar-refractivity contribution in [2.45, 2.75) is 65.6 Å². The van der Waals surface area contributed by atoms with Gasteiger partial charge in [-0.05, 0) is 33.1 Å². The highest BCUT2D eigenvalue weighted by molar-refractivity contribution is 5.99. The molecule has 4 nitrogen and oxygen atoms in total. The molecule has 2 amide bonds. The van der Waals surface area contributed by atoms with Crippen LogP contribution in [-0.2, 0) is 9.59 Å². The van der Waals surface area contributed by atoms with Gasteiger partial charge in [0, 0.05) is 6.04 Å². The smallest absolute Gasteiger partial charge is 0.248 e. The zero-order chi connectivity index (χ0) is 13.4. The molecule has 0 aromatic carbocycles. The van der Waals surface area contributed by atoms with Gasteiger partial charge in [0.2, 0.25) is 11.8 Å². The molecular weight excluding hydrogens is 216 g/mol. The van der Waals surface area contributed by atoms with Crippen LogP contribution in [0.15, 0.2) is 0 Å². The van der Waals surface area contributed by atoms with Crippen LogP contribution in [0, 0.1) is 5.92 Å². The number of nitrogens with one attached hydrogen (secondary N) is 1. The van der Waals surface area contributed by atoms with Crippen molar-refractivity contribution in [1.82, 2.24) is 10.2 Å². The lowest BCUT2D eigenvalue weighted by Crippen LogP contribution is -2.70. The highest BCUT2D eigenvalue weighted by Crippen LogP contribution is 2.25. The molecule has 1 N–H and O–H groups in total. The molecule has 98 valence electrons. The normalized spacial score (nSPS) is 26.1. The number of carbonyl (C=O) groups is 2. The van der Waals surface area contributed by atoms with Crippen molar-refractivity contribution in [1.29, 1.82) is 0 Å². The Labute approximate surface area is 104 Å². The Morgan fingerprint density at radius 1 is 1.29 bits per heavy atom. The number of carbonyl (C=O) groups excluding carboxylic acids is 2. The summed E-state index contributed by atoms with van der Waals surface area (Å²) in [7, 11) is 0. The molecular formula is C13H24N2O2. The van der Waals surface area contributed by atoms with Gasteiger partial charge in [-0.1, -0.05) is 20.8 Å². The summed E-state index contributed by atoms with van der Waals surface area (Å²) in [4.78, 5) is 26.3. The van der Waals surface area contributed by atoms with Crippen LogP contribution in [0.1, 0.15) is 48.0 Å². The molecule has 0 bridgehead atoms. The zero-order valence-electron chi connectivity index (χ0n) is 11.7. The van der Waals surface area contributed by atoms with Crippen molar-refractivity contribution in [2.24, 2.45) is 5.92 Å². The Balaban J connectivity index is 3.13. The van der Waals surface area contributed by atoms with Crippen LogP contribution in [-0.4, -0.2) is 34.3 Å². The molecule has 1 rings (SSSR count). The Morgan fingerprint density at radius 3 is 2.24 bits per heavy atom. The Bertz CT molecular complexity index is 323. The van der Waals surface area contributed by atoms with Crippen molar-refractivity contribution in [3.63, 3.8) is 0 Å². The van der Waals surface area contributed by atoms with Crippen molar-refractivity contribution >= 4 is 11.8 Å². The fraction of sp³-hybridized carbons (Fsp3) is 0.846. The maximum absolute atomic E-state index is 12.4. The SMILES string of the molecule is CCC(C)N1C(=O)C(C)(C)NC(=O)C1C(C)C. The average molecular weight is 240 g/mol. The summed E-state index contributed by atoms with van der Waals surface area (Å²) in [5.41, 5.74) is -0.786. The van der Waals surface area contributed by atoms with Crippen LogP contribution in [0.3, 0.4) is 0 Å². The average Bonchev–Trinajstić information content (AvgIpc) is 2.20. The third kappa shape index (κ3) is 2.45. The lowest BCUT2D eigenvalue weighted by atomic mass is 9.90. The van der Waals surface area contributed by atoms with E-state index in [0.717, 1.165) is 6.42 Å². The number of hydrogen-bond acceptors (Lipinski definition) is 2. The molecule has 1 aliphatic rings. The first-order valence-corrected chi connectivity index (χ1v) is 6.37. The zero-order valence-corrected chi connectivity index (χ0v) is 11.7. The van der Waals surface area contributed by atoms with Crippen LogP contribution in [0.5, 0.6) is 0 Å². The van der Waals surface area contributed by atoms with Gasteiger partial charge in [-0.15, -0.1) is 0 Å². The van der Waals surface area contributed by atoms with Crippen LogP contribution >= 0.6 is 0 Å². The Kier molecular flexibility index (Phi) is 3.84. The van der Waals surface area contributed by atoms with E-state index in [1.165, 1.54) is 0 Å². The first-order valence-electron chi connectivity index (χ1n) is 6.37. The molecule has 0 saturated carbocycles. The molecule has 4 heteroatoms. The van der Waals surface area contributed by atoms with Gasteiger partial charge >= 0.3 is 0 Å². The molecule has 2 atom stereocenters. The van der Waals surface area contributed by atoms with Crippen LogP contribution < -0.4 is 5.32 Å². The van der Waals surface area contributed by atoms with E-state index in [0.29, 0.717) is 0 Å². The molecule has 0 aromatic rings. The third-order valence-electron chi connectivity index (χ3n) is 3.47. The monoisotopic (exact) mass is 240 g/mol. The molecule has 1 fully saturated rings. The molecule has 2 unspecified atom stereocenters. The van der Waals surface area contributed by atoms with E-state index < -0.39 is 5.54 Å². The minimum absolute atomic E-state index is 0.0187. The van der Waals surface area contributed by atoms with Crippen molar-refractivity contribution < 1.29 is 9.59 Å². The predicted molar refractivity (Wildman–Crippen MR) is 67.4 cm³/mol. The van der Waals surface area contributed by atoms with E-state index >= 15 is 0 Å². The van der Waals surface area contributed by atoms with Gasteiger partial charge in [-0.25, -0.2) is 0 Å². The van der Waals surface area contributed by atoms with Crippen molar-refractivity contribution in [3.8, 4) is 0 Å². The van der Waals surface area contributed by atoms with E-state index in [1.54, 1.807) is 18.7 Å². The molecule has 17 heavy (non-hydrogen) atoms. The van der Waals surface area contributed by atoms with Gasteiger partial charge in [0.15, 0.2) is 0 Å². The van der Waals surface area contributed by atoms with Gasteiger partial charge < -0.3 is 10.2 Å². The van der Waals surface area contributed by atoms with Gasteiger partial charge in [-0.3, -0.25) is 9.59 Å². The van der Waals surface area contributed by atoms with Crippen molar-refractivity contribution in [2.75, 3.05) is 0 Å². The van der Waals surface area contributed by atoms with Crippen molar-refractivity contribution in [3.05, 3.63) is 0 Å². The van der Waals surface area contributed by atoms with Crippen LogP contribution in [0.4, 0.5) is 0 Å². The first-order chi connectivity index (χ1) is 7.72. The van der Waals surface area contributed by atoms with Gasteiger partial charge in [-0.2, -0.15) is 0 Å². The molecule has 1 heterocycles. The minimum atomic E-state index is -0.786. The Hall–Kier alpha value is -1.06. The maximum atomic E-state index is 12.4. The second kappa shape index (κ2) is 4.67. The summed E-state index contributed by atoms with van der Waals surface area (Å²) in [6.07, 6.45) is 0.859. The second-order valence-corrected chi connectivity index (χ2v) is 5.77. The molecule has 0 spiro atoms. The molecule has 0 aromatic heterocycles. The van der Waals surface area contributed by atoms with Crippen LogP contribution in [0.2, 0.25) is 0 Å².